The largest absolute Gasteiger partial charge is 0.382 e. The lowest BCUT2D eigenvalue weighted by Gasteiger charge is -2.12. The number of guanidine groups is 1. The molecule has 4 N–H and O–H groups in total. The molecular formula is C22H31IN10. The minimum Gasteiger partial charge on any atom is -0.382 e. The van der Waals surface area contributed by atoms with E-state index in [0.717, 1.165) is 43.4 Å². The van der Waals surface area contributed by atoms with Gasteiger partial charge in [-0.1, -0.05) is 25.1 Å². The van der Waals surface area contributed by atoms with Crippen molar-refractivity contribution in [3.8, 4) is 11.8 Å². The maximum absolute atomic E-state index is 9.55. The second-order valence-electron chi connectivity index (χ2n) is 7.15. The maximum atomic E-state index is 9.55. The number of nitrogens with two attached hydrogens (primary N) is 1. The van der Waals surface area contributed by atoms with Gasteiger partial charge in [-0.15, -0.1) is 34.2 Å². The summed E-state index contributed by atoms with van der Waals surface area (Å²) >= 11 is 0. The summed E-state index contributed by atoms with van der Waals surface area (Å²) in [4.78, 5) is 4.64. The van der Waals surface area contributed by atoms with Crippen molar-refractivity contribution in [2.24, 2.45) is 4.99 Å². The van der Waals surface area contributed by atoms with Crippen LogP contribution in [0.1, 0.15) is 37.4 Å². The Morgan fingerprint density at radius 3 is 2.70 bits per heavy atom. The van der Waals surface area contributed by atoms with Gasteiger partial charge in [0.2, 0.25) is 0 Å². The zero-order valence-corrected chi connectivity index (χ0v) is 21.4. The normalized spacial score (nSPS) is 11.0. The number of aliphatic imine (C=N–C) groups is 1. The second-order valence-corrected chi connectivity index (χ2v) is 7.15. The van der Waals surface area contributed by atoms with Crippen LogP contribution < -0.4 is 16.4 Å². The van der Waals surface area contributed by atoms with Crippen LogP contribution in [-0.2, 0) is 19.4 Å². The van der Waals surface area contributed by atoms with Crippen molar-refractivity contribution in [2.75, 3.05) is 25.4 Å². The topological polar surface area (TPSA) is 135 Å². The molecule has 2 aromatic heterocycles. The molecule has 3 aromatic rings. The molecule has 0 aliphatic rings. The number of hydrogen-bond donors (Lipinski definition) is 3. The molecule has 0 saturated carbocycles. The number of halogens is 1. The van der Waals surface area contributed by atoms with E-state index in [1.165, 1.54) is 0 Å². The molecule has 0 amide bonds. The molecule has 0 spiro atoms. The number of anilines is 1. The van der Waals surface area contributed by atoms with Crippen LogP contribution in [0.2, 0.25) is 0 Å². The highest BCUT2D eigenvalue weighted by Gasteiger charge is 2.16. The Balaban J connectivity index is 0.00000385. The first-order valence-electron chi connectivity index (χ1n) is 10.9. The number of rotatable bonds is 10. The predicted octanol–water partition coefficient (Wildman–Crippen LogP) is 2.29. The van der Waals surface area contributed by atoms with Gasteiger partial charge in [-0.3, -0.25) is 4.99 Å². The van der Waals surface area contributed by atoms with Gasteiger partial charge < -0.3 is 20.9 Å². The molecule has 0 aliphatic heterocycles. The molecule has 0 saturated heterocycles. The van der Waals surface area contributed by atoms with Gasteiger partial charge >= 0.3 is 0 Å². The predicted molar refractivity (Wildman–Crippen MR) is 140 cm³/mol. The van der Waals surface area contributed by atoms with E-state index >= 15 is 0 Å². The quantitative estimate of drug-likeness (QED) is 0.149. The number of benzene rings is 1. The van der Waals surface area contributed by atoms with Crippen LogP contribution in [0.25, 0.3) is 5.69 Å². The Labute approximate surface area is 211 Å². The highest BCUT2D eigenvalue weighted by atomic mass is 127. The van der Waals surface area contributed by atoms with E-state index in [-0.39, 0.29) is 24.0 Å². The Hall–Kier alpha value is -3.14. The van der Waals surface area contributed by atoms with Crippen molar-refractivity contribution in [1.82, 2.24) is 35.2 Å². The molecule has 0 fully saturated rings. The lowest BCUT2D eigenvalue weighted by Crippen LogP contribution is -2.39. The van der Waals surface area contributed by atoms with Gasteiger partial charge in [0.15, 0.2) is 5.96 Å². The summed E-state index contributed by atoms with van der Waals surface area (Å²) in [5.41, 5.74) is 8.14. The molecule has 0 radical (unpaired) electrons. The third-order valence-corrected chi connectivity index (χ3v) is 4.95. The summed E-state index contributed by atoms with van der Waals surface area (Å²) in [6, 6.07) is 11.8. The van der Waals surface area contributed by atoms with E-state index in [4.69, 9.17) is 5.73 Å². The van der Waals surface area contributed by atoms with Crippen molar-refractivity contribution < 1.29 is 0 Å². The van der Waals surface area contributed by atoms with Gasteiger partial charge in [-0.05, 0) is 31.9 Å². The highest BCUT2D eigenvalue weighted by Crippen LogP contribution is 2.21. The van der Waals surface area contributed by atoms with Gasteiger partial charge in [-0.25, -0.2) is 4.68 Å². The van der Waals surface area contributed by atoms with Gasteiger partial charge in [-0.2, -0.15) is 10.4 Å². The average molecular weight is 562 g/mol. The third-order valence-electron chi connectivity index (χ3n) is 4.95. The van der Waals surface area contributed by atoms with E-state index in [2.05, 4.69) is 43.9 Å². The molecule has 0 aliphatic carbocycles. The summed E-state index contributed by atoms with van der Waals surface area (Å²) in [5, 5.41) is 28.8. The molecular weight excluding hydrogens is 531 g/mol. The van der Waals surface area contributed by atoms with Crippen molar-refractivity contribution in [3.63, 3.8) is 0 Å². The first-order valence-corrected chi connectivity index (χ1v) is 10.9. The fraction of sp³-hybridized carbons (Fsp3) is 0.409. The van der Waals surface area contributed by atoms with Gasteiger partial charge in [0.05, 0.1) is 11.4 Å². The molecule has 0 bridgehead atoms. The van der Waals surface area contributed by atoms with E-state index in [9.17, 15) is 5.26 Å². The van der Waals surface area contributed by atoms with Crippen molar-refractivity contribution >= 4 is 35.8 Å². The van der Waals surface area contributed by atoms with Crippen LogP contribution in [-0.4, -0.2) is 50.1 Å². The van der Waals surface area contributed by atoms with Gasteiger partial charge in [0.25, 0.3) is 0 Å². The SMILES string of the molecule is CCNC(=NCCCc1nn(-c2ccccc2)c(N)c1C#N)NCCn1cnnc1CC.I. The number of nitriles is 1. The zero-order chi connectivity index (χ0) is 22.8. The fourth-order valence-electron chi connectivity index (χ4n) is 3.35. The minimum absolute atomic E-state index is 0. The first kappa shape index (κ1) is 26.1. The number of aromatic nitrogens is 5. The molecule has 3 rings (SSSR count). The highest BCUT2D eigenvalue weighted by molar-refractivity contribution is 14.0. The van der Waals surface area contributed by atoms with Gasteiger partial charge in [0, 0.05) is 32.6 Å². The Morgan fingerprint density at radius 1 is 1.21 bits per heavy atom. The smallest absolute Gasteiger partial charge is 0.191 e. The van der Waals surface area contributed by atoms with Crippen LogP contribution in [0.5, 0.6) is 0 Å². The Morgan fingerprint density at radius 2 is 2.00 bits per heavy atom. The molecule has 2 heterocycles. The summed E-state index contributed by atoms with van der Waals surface area (Å²) in [7, 11) is 0. The number of aryl methyl sites for hydroxylation is 2. The van der Waals surface area contributed by atoms with Crippen LogP contribution in [0.3, 0.4) is 0 Å². The van der Waals surface area contributed by atoms with Crippen molar-refractivity contribution in [2.45, 2.75) is 39.7 Å². The number of nitrogens with one attached hydrogen (secondary N) is 2. The van der Waals surface area contributed by atoms with E-state index in [1.54, 1.807) is 11.0 Å². The monoisotopic (exact) mass is 562 g/mol. The van der Waals surface area contributed by atoms with Crippen LogP contribution in [0.4, 0.5) is 5.82 Å². The molecule has 11 heteroatoms. The van der Waals surface area contributed by atoms with E-state index in [1.807, 2.05) is 41.8 Å². The first-order chi connectivity index (χ1) is 15.7. The van der Waals surface area contributed by atoms with Crippen LogP contribution >= 0.6 is 24.0 Å². The third kappa shape index (κ3) is 6.92. The molecule has 0 atom stereocenters. The summed E-state index contributed by atoms with van der Waals surface area (Å²) in [6.07, 6.45) is 3.97. The van der Waals surface area contributed by atoms with E-state index < -0.39 is 0 Å². The standard InChI is InChI=1S/C22H30N10.HI/c1-3-20-29-28-16-31(20)14-13-27-22(25-4-2)26-12-8-11-19-18(15-23)21(24)32(30-19)17-9-6-5-7-10-17;/h5-7,9-10,16H,3-4,8,11-14,24H2,1-2H3,(H2,25,26,27);1H. The lowest BCUT2D eigenvalue weighted by molar-refractivity contribution is 0.632. The average Bonchev–Trinajstić information content (AvgIpc) is 3.40. The molecule has 10 nitrogen and oxygen atoms in total. The minimum atomic E-state index is 0. The fourth-order valence-corrected chi connectivity index (χ4v) is 3.35. The van der Waals surface area contributed by atoms with E-state index in [0.29, 0.717) is 36.6 Å². The number of nitrogens with zero attached hydrogens (tertiary/aromatic N) is 7. The molecule has 0 unspecified atom stereocenters. The summed E-state index contributed by atoms with van der Waals surface area (Å²) in [6.45, 7) is 6.95. The summed E-state index contributed by atoms with van der Waals surface area (Å²) in [5.74, 6) is 2.09. The Kier molecular flexibility index (Phi) is 10.6. The van der Waals surface area contributed by atoms with Crippen LogP contribution in [0, 0.1) is 11.3 Å². The molecule has 176 valence electrons. The number of nitrogen functional groups attached to an aromatic ring is 1. The summed E-state index contributed by atoms with van der Waals surface area (Å²) < 4.78 is 3.66. The van der Waals surface area contributed by atoms with Crippen LogP contribution in [0.15, 0.2) is 41.7 Å². The van der Waals surface area contributed by atoms with Gasteiger partial charge in [0.1, 0.15) is 29.6 Å². The maximum Gasteiger partial charge on any atom is 0.191 e. The zero-order valence-electron chi connectivity index (χ0n) is 19.0. The number of para-hydroxylation sites is 1. The Bertz CT molecular complexity index is 1060. The number of hydrogen-bond acceptors (Lipinski definition) is 6. The second kappa shape index (κ2) is 13.4. The lowest BCUT2D eigenvalue weighted by atomic mass is 10.1. The molecule has 1 aromatic carbocycles. The molecule has 33 heavy (non-hydrogen) atoms. The van der Waals surface area contributed by atoms with Crippen molar-refractivity contribution in [3.05, 3.63) is 53.7 Å². The van der Waals surface area contributed by atoms with Crippen molar-refractivity contribution in [1.29, 1.82) is 5.26 Å².